The molecule has 4 aliphatic heterocycles. The number of fused-ring (bicyclic) bond motifs is 1. The summed E-state index contributed by atoms with van der Waals surface area (Å²) in [6, 6.07) is 6.29. The highest BCUT2D eigenvalue weighted by atomic mass is 16.2. The van der Waals surface area contributed by atoms with Gasteiger partial charge in [-0.05, 0) is 87.2 Å². The van der Waals surface area contributed by atoms with E-state index in [0.29, 0.717) is 23.9 Å². The van der Waals surface area contributed by atoms with Crippen LogP contribution in [0.4, 0.5) is 5.69 Å². The Morgan fingerprint density at radius 3 is 2.34 bits per heavy atom. The van der Waals surface area contributed by atoms with Crippen LogP contribution in [0.2, 0.25) is 0 Å². The van der Waals surface area contributed by atoms with Gasteiger partial charge in [0.1, 0.15) is 6.04 Å². The molecule has 1 unspecified atom stereocenters. The second-order valence-corrected chi connectivity index (χ2v) is 11.2. The van der Waals surface area contributed by atoms with Gasteiger partial charge in [-0.3, -0.25) is 24.6 Å². The first-order valence-electron chi connectivity index (χ1n) is 13.5. The van der Waals surface area contributed by atoms with Crippen LogP contribution in [-0.4, -0.2) is 78.9 Å². The third-order valence-electron chi connectivity index (χ3n) is 9.38. The van der Waals surface area contributed by atoms with Crippen molar-refractivity contribution in [3.05, 3.63) is 29.3 Å². The maximum atomic E-state index is 13.0. The summed E-state index contributed by atoms with van der Waals surface area (Å²) in [6.07, 6.45) is 8.87. The van der Waals surface area contributed by atoms with Crippen molar-refractivity contribution in [2.45, 2.75) is 70.0 Å². The van der Waals surface area contributed by atoms with Gasteiger partial charge in [0, 0.05) is 56.4 Å². The van der Waals surface area contributed by atoms with E-state index in [1.807, 2.05) is 6.07 Å². The molecule has 0 aromatic heterocycles. The number of benzene rings is 1. The molecule has 4 fully saturated rings. The summed E-state index contributed by atoms with van der Waals surface area (Å²) in [4.78, 5) is 43.6. The first-order valence-corrected chi connectivity index (χ1v) is 13.5. The Kier molecular flexibility index (Phi) is 6.05. The molecule has 0 bridgehead atoms. The van der Waals surface area contributed by atoms with Crippen LogP contribution in [0.15, 0.2) is 18.2 Å². The van der Waals surface area contributed by atoms with Gasteiger partial charge < -0.3 is 15.1 Å². The molecular weight excluding hydrogens is 442 g/mol. The van der Waals surface area contributed by atoms with Gasteiger partial charge in [-0.2, -0.15) is 0 Å². The number of hydrogen-bond donors (Lipinski definition) is 2. The lowest BCUT2D eigenvalue weighted by Crippen LogP contribution is -2.52. The number of nitrogens with one attached hydrogen (secondary N) is 2. The Morgan fingerprint density at radius 1 is 0.886 bits per heavy atom. The number of piperazine rings is 1. The number of rotatable bonds is 3. The van der Waals surface area contributed by atoms with Gasteiger partial charge in [-0.1, -0.05) is 0 Å². The zero-order chi connectivity index (χ0) is 24.0. The van der Waals surface area contributed by atoms with E-state index in [-0.39, 0.29) is 24.1 Å². The predicted octanol–water partition coefficient (Wildman–Crippen LogP) is 1.88. The Morgan fingerprint density at radius 2 is 1.63 bits per heavy atom. The van der Waals surface area contributed by atoms with E-state index in [2.05, 4.69) is 32.6 Å². The van der Waals surface area contributed by atoms with Crippen molar-refractivity contribution in [2.24, 2.45) is 5.41 Å². The minimum absolute atomic E-state index is 0.102. The number of piperidine rings is 2. The summed E-state index contributed by atoms with van der Waals surface area (Å²) in [5.41, 5.74) is 3.46. The average molecular weight is 480 g/mol. The van der Waals surface area contributed by atoms with Crippen molar-refractivity contribution in [3.8, 4) is 0 Å². The molecule has 1 aromatic rings. The third kappa shape index (κ3) is 4.35. The molecular formula is C27H37N5O3. The topological polar surface area (TPSA) is 85.0 Å². The van der Waals surface area contributed by atoms with Gasteiger partial charge in [0.05, 0.1) is 0 Å². The normalized spacial score (nSPS) is 27.9. The van der Waals surface area contributed by atoms with E-state index >= 15 is 0 Å². The number of carbonyl (C=O) groups is 3. The number of imide groups is 1. The zero-order valence-electron chi connectivity index (χ0n) is 20.6. The summed E-state index contributed by atoms with van der Waals surface area (Å²) in [5, 5.41) is 5.90. The molecule has 8 heteroatoms. The molecule has 1 spiro atoms. The lowest BCUT2D eigenvalue weighted by atomic mass is 9.67. The van der Waals surface area contributed by atoms with E-state index < -0.39 is 6.04 Å². The fourth-order valence-corrected chi connectivity index (χ4v) is 7.14. The molecule has 5 aliphatic rings. The maximum Gasteiger partial charge on any atom is 0.255 e. The van der Waals surface area contributed by atoms with Crippen LogP contribution in [-0.2, 0) is 16.1 Å². The van der Waals surface area contributed by atoms with E-state index in [9.17, 15) is 14.4 Å². The second-order valence-electron chi connectivity index (χ2n) is 11.2. The number of nitrogens with zero attached hydrogens (tertiary/aromatic N) is 3. The minimum Gasteiger partial charge on any atom is -0.369 e. The van der Waals surface area contributed by atoms with Crippen molar-refractivity contribution in [3.63, 3.8) is 0 Å². The molecule has 1 aliphatic carbocycles. The highest BCUT2D eigenvalue weighted by molar-refractivity contribution is 6.05. The fraction of sp³-hybridized carbons (Fsp3) is 0.667. The highest BCUT2D eigenvalue weighted by Crippen LogP contribution is 2.44. The first-order chi connectivity index (χ1) is 17.0. The van der Waals surface area contributed by atoms with Crippen LogP contribution >= 0.6 is 0 Å². The van der Waals surface area contributed by atoms with Crippen molar-refractivity contribution in [1.29, 1.82) is 0 Å². The standard InChI is InChI=1S/C27H37N5O3/c33-24-4-3-23(25(34)29-24)32-18-19-17-21(1-2-22(19)26(32)35)31-15-13-30(14-16-31)20-5-7-27(8-6-20)9-11-28-12-10-27/h1-2,17,20,23,28H,3-16,18H2,(H,29,33,34). The van der Waals surface area contributed by atoms with Crippen molar-refractivity contribution < 1.29 is 14.4 Å². The van der Waals surface area contributed by atoms with Crippen molar-refractivity contribution >= 4 is 23.4 Å². The summed E-state index contributed by atoms with van der Waals surface area (Å²) < 4.78 is 0. The molecule has 8 nitrogen and oxygen atoms in total. The Labute approximate surface area is 207 Å². The molecule has 3 amide bonds. The van der Waals surface area contributed by atoms with Crippen LogP contribution in [0, 0.1) is 5.41 Å². The quantitative estimate of drug-likeness (QED) is 0.644. The van der Waals surface area contributed by atoms with Crippen LogP contribution < -0.4 is 15.5 Å². The Balaban J connectivity index is 1.05. The summed E-state index contributed by atoms with van der Waals surface area (Å²) in [6.45, 7) is 7.04. The van der Waals surface area contributed by atoms with Crippen LogP contribution in [0.5, 0.6) is 0 Å². The number of anilines is 1. The van der Waals surface area contributed by atoms with Crippen LogP contribution in [0.3, 0.4) is 0 Å². The SMILES string of the molecule is O=C1CCC(N2Cc3cc(N4CCN(C5CCC6(CCNCC6)CC5)CC4)ccc3C2=O)C(=O)N1. The Bertz CT molecular complexity index is 1000. The summed E-state index contributed by atoms with van der Waals surface area (Å²) >= 11 is 0. The fourth-order valence-electron chi connectivity index (χ4n) is 7.14. The van der Waals surface area contributed by atoms with Gasteiger partial charge >= 0.3 is 0 Å². The molecule has 35 heavy (non-hydrogen) atoms. The molecule has 188 valence electrons. The highest BCUT2D eigenvalue weighted by Gasteiger charge is 2.40. The van der Waals surface area contributed by atoms with Crippen molar-refractivity contribution in [1.82, 2.24) is 20.4 Å². The molecule has 1 saturated carbocycles. The van der Waals surface area contributed by atoms with E-state index in [1.54, 1.807) is 4.90 Å². The zero-order valence-corrected chi connectivity index (χ0v) is 20.6. The van der Waals surface area contributed by atoms with Crippen LogP contribution in [0.25, 0.3) is 0 Å². The lowest BCUT2D eigenvalue weighted by molar-refractivity contribution is -0.136. The lowest BCUT2D eigenvalue weighted by Gasteiger charge is -2.47. The molecule has 1 atom stereocenters. The molecule has 2 N–H and O–H groups in total. The predicted molar refractivity (Wildman–Crippen MR) is 133 cm³/mol. The van der Waals surface area contributed by atoms with Crippen molar-refractivity contribution in [2.75, 3.05) is 44.2 Å². The first kappa shape index (κ1) is 23.0. The van der Waals surface area contributed by atoms with Gasteiger partial charge in [0.25, 0.3) is 5.91 Å². The number of hydrogen-bond acceptors (Lipinski definition) is 6. The second kappa shape index (κ2) is 9.21. The average Bonchev–Trinajstić information content (AvgIpc) is 3.20. The largest absolute Gasteiger partial charge is 0.369 e. The minimum atomic E-state index is -0.556. The number of carbonyl (C=O) groups excluding carboxylic acids is 3. The van der Waals surface area contributed by atoms with Gasteiger partial charge in [0.15, 0.2) is 0 Å². The molecule has 1 aromatic carbocycles. The Hall–Kier alpha value is -2.45. The van der Waals surface area contributed by atoms with E-state index in [0.717, 1.165) is 37.8 Å². The molecule has 3 saturated heterocycles. The molecule has 4 heterocycles. The third-order valence-corrected chi connectivity index (χ3v) is 9.38. The maximum absolute atomic E-state index is 13.0. The van der Waals surface area contributed by atoms with Gasteiger partial charge in [-0.15, -0.1) is 0 Å². The molecule has 0 radical (unpaired) electrons. The van der Waals surface area contributed by atoms with Gasteiger partial charge in [-0.25, -0.2) is 0 Å². The monoisotopic (exact) mass is 479 g/mol. The van der Waals surface area contributed by atoms with Crippen LogP contribution in [0.1, 0.15) is 67.3 Å². The van der Waals surface area contributed by atoms with E-state index in [1.165, 1.54) is 57.3 Å². The van der Waals surface area contributed by atoms with Gasteiger partial charge in [0.2, 0.25) is 11.8 Å². The van der Waals surface area contributed by atoms with E-state index in [4.69, 9.17) is 0 Å². The molecule has 6 rings (SSSR count). The smallest absolute Gasteiger partial charge is 0.255 e. The summed E-state index contributed by atoms with van der Waals surface area (Å²) in [5.74, 6) is -0.710. The summed E-state index contributed by atoms with van der Waals surface area (Å²) in [7, 11) is 0. The number of amides is 3.